The molecule has 1 N–H and O–H groups in total. The number of phenols is 1. The molecule has 0 radical (unpaired) electrons. The van der Waals surface area contributed by atoms with Crippen LogP contribution in [0.15, 0.2) is 79.0 Å². The van der Waals surface area contributed by atoms with Crippen molar-refractivity contribution in [2.75, 3.05) is 11.9 Å². The third-order valence-corrected chi connectivity index (χ3v) is 4.83. The number of para-hydroxylation sites is 1. The molecule has 2 heteroatoms. The summed E-state index contributed by atoms with van der Waals surface area (Å²) in [7, 11) is 1.94. The fourth-order valence-electron chi connectivity index (χ4n) is 3.47. The maximum atomic E-state index is 10.9. The fourth-order valence-corrected chi connectivity index (χ4v) is 3.47. The van der Waals surface area contributed by atoms with Crippen LogP contribution in [-0.4, -0.2) is 12.2 Å². The summed E-state index contributed by atoms with van der Waals surface area (Å²) in [4.78, 5) is 1.93. The van der Waals surface area contributed by atoms with E-state index in [-0.39, 0.29) is 0 Å². The molecular weight excluding hydrogens is 330 g/mol. The van der Waals surface area contributed by atoms with Gasteiger partial charge in [-0.1, -0.05) is 74.5 Å². The Labute approximate surface area is 162 Å². The second-order valence-electron chi connectivity index (χ2n) is 7.09. The normalized spacial score (nSPS) is 11.3. The van der Waals surface area contributed by atoms with Crippen molar-refractivity contribution in [1.82, 2.24) is 0 Å². The van der Waals surface area contributed by atoms with Crippen LogP contribution < -0.4 is 4.90 Å². The summed E-state index contributed by atoms with van der Waals surface area (Å²) >= 11 is 0. The quantitative estimate of drug-likeness (QED) is 0.541. The van der Waals surface area contributed by atoms with Crippen LogP contribution in [0.4, 0.5) is 5.69 Å². The largest absolute Gasteiger partial charge is 0.505 e. The monoisotopic (exact) mass is 357 g/mol. The minimum absolute atomic E-state index is 0.299. The first kappa shape index (κ1) is 18.8. The smallest absolute Gasteiger partial charge is 0.147 e. The van der Waals surface area contributed by atoms with Crippen molar-refractivity contribution in [1.29, 1.82) is 0 Å². The van der Waals surface area contributed by atoms with Gasteiger partial charge < -0.3 is 10.0 Å². The van der Waals surface area contributed by atoms with Crippen molar-refractivity contribution in [3.63, 3.8) is 0 Å². The van der Waals surface area contributed by atoms with Crippen LogP contribution in [0.3, 0.4) is 0 Å². The Morgan fingerprint density at radius 2 is 1.48 bits per heavy atom. The second kappa shape index (κ2) is 8.13. The van der Waals surface area contributed by atoms with Gasteiger partial charge in [-0.25, -0.2) is 0 Å². The molecule has 0 aliphatic heterocycles. The number of aromatic hydroxyl groups is 1. The van der Waals surface area contributed by atoms with Gasteiger partial charge in [0.2, 0.25) is 0 Å². The highest BCUT2D eigenvalue weighted by Crippen LogP contribution is 2.39. The number of hydrogen-bond donors (Lipinski definition) is 1. The highest BCUT2D eigenvalue weighted by atomic mass is 16.3. The first-order chi connectivity index (χ1) is 13.0. The molecule has 27 heavy (non-hydrogen) atoms. The van der Waals surface area contributed by atoms with Crippen LogP contribution >= 0.6 is 0 Å². The van der Waals surface area contributed by atoms with E-state index in [0.717, 1.165) is 16.8 Å². The number of rotatable bonds is 5. The standard InChI is InChI=1S/C25H27NO/c1-5-16-26(4)24-15-9-14-23(25(24)27)20-11-8-10-19(17-20)22-13-7-6-12-21(22)18(2)3/h5-18,27H,1-4H3/b16-5+. The molecule has 0 amide bonds. The van der Waals surface area contributed by atoms with Gasteiger partial charge in [0.05, 0.1) is 5.69 Å². The number of anilines is 1. The summed E-state index contributed by atoms with van der Waals surface area (Å²) < 4.78 is 0. The number of nitrogens with zero attached hydrogens (tertiary/aromatic N) is 1. The number of benzene rings is 3. The summed E-state index contributed by atoms with van der Waals surface area (Å²) in [5.74, 6) is 0.753. The third kappa shape index (κ3) is 3.90. The average molecular weight is 357 g/mol. The average Bonchev–Trinajstić information content (AvgIpc) is 2.68. The first-order valence-corrected chi connectivity index (χ1v) is 9.40. The molecule has 3 aromatic carbocycles. The second-order valence-corrected chi connectivity index (χ2v) is 7.09. The molecule has 138 valence electrons. The van der Waals surface area contributed by atoms with Gasteiger partial charge in [-0.2, -0.15) is 0 Å². The third-order valence-electron chi connectivity index (χ3n) is 4.83. The first-order valence-electron chi connectivity index (χ1n) is 9.40. The summed E-state index contributed by atoms with van der Waals surface area (Å²) in [6, 6.07) is 22.8. The van der Waals surface area contributed by atoms with E-state index in [2.05, 4.69) is 62.4 Å². The molecule has 0 fully saturated rings. The Kier molecular flexibility index (Phi) is 5.66. The number of hydrogen-bond acceptors (Lipinski definition) is 2. The number of phenolic OH excluding ortho intramolecular Hbond substituents is 1. The molecular formula is C25H27NO. The van der Waals surface area contributed by atoms with Gasteiger partial charge in [-0.05, 0) is 53.4 Å². The van der Waals surface area contributed by atoms with Gasteiger partial charge in [0.25, 0.3) is 0 Å². The molecule has 0 aromatic heterocycles. The Balaban J connectivity index is 2.09. The van der Waals surface area contributed by atoms with Crippen LogP contribution in [0.1, 0.15) is 32.3 Å². The molecule has 0 atom stereocenters. The van der Waals surface area contributed by atoms with E-state index >= 15 is 0 Å². The summed E-state index contributed by atoms with van der Waals surface area (Å²) in [6.45, 7) is 6.40. The molecule has 0 spiro atoms. The molecule has 0 aliphatic carbocycles. The van der Waals surface area contributed by atoms with Crippen molar-refractivity contribution in [2.45, 2.75) is 26.7 Å². The Morgan fingerprint density at radius 1 is 0.852 bits per heavy atom. The van der Waals surface area contributed by atoms with E-state index in [1.165, 1.54) is 16.7 Å². The lowest BCUT2D eigenvalue weighted by molar-refractivity contribution is 0.478. The molecule has 0 bridgehead atoms. The van der Waals surface area contributed by atoms with Crippen molar-refractivity contribution in [3.8, 4) is 28.0 Å². The van der Waals surface area contributed by atoms with Crippen LogP contribution in [0, 0.1) is 0 Å². The summed E-state index contributed by atoms with van der Waals surface area (Å²) in [5, 5.41) is 10.9. The van der Waals surface area contributed by atoms with E-state index in [4.69, 9.17) is 0 Å². The lowest BCUT2D eigenvalue weighted by atomic mass is 9.91. The zero-order chi connectivity index (χ0) is 19.4. The van der Waals surface area contributed by atoms with E-state index < -0.39 is 0 Å². The van der Waals surface area contributed by atoms with E-state index in [1.807, 2.05) is 49.3 Å². The van der Waals surface area contributed by atoms with Crippen LogP contribution in [-0.2, 0) is 0 Å². The van der Waals surface area contributed by atoms with Gasteiger partial charge in [0, 0.05) is 12.6 Å². The molecule has 0 heterocycles. The zero-order valence-electron chi connectivity index (χ0n) is 16.5. The van der Waals surface area contributed by atoms with Gasteiger partial charge in [0.1, 0.15) is 5.75 Å². The topological polar surface area (TPSA) is 23.5 Å². The molecule has 0 aliphatic rings. The van der Waals surface area contributed by atoms with Gasteiger partial charge in [0.15, 0.2) is 0 Å². The highest BCUT2D eigenvalue weighted by molar-refractivity contribution is 5.82. The molecule has 3 rings (SSSR count). The zero-order valence-corrected chi connectivity index (χ0v) is 16.5. The van der Waals surface area contributed by atoms with E-state index in [0.29, 0.717) is 11.7 Å². The summed E-state index contributed by atoms with van der Waals surface area (Å²) in [6.07, 6.45) is 3.89. The van der Waals surface area contributed by atoms with Gasteiger partial charge >= 0.3 is 0 Å². The predicted molar refractivity (Wildman–Crippen MR) is 116 cm³/mol. The Bertz CT molecular complexity index is 956. The Morgan fingerprint density at radius 3 is 2.19 bits per heavy atom. The van der Waals surface area contributed by atoms with Crippen molar-refractivity contribution >= 4 is 5.69 Å². The van der Waals surface area contributed by atoms with E-state index in [9.17, 15) is 5.11 Å². The highest BCUT2D eigenvalue weighted by Gasteiger charge is 2.13. The van der Waals surface area contributed by atoms with Crippen molar-refractivity contribution in [2.24, 2.45) is 0 Å². The van der Waals surface area contributed by atoms with Gasteiger partial charge in [-0.15, -0.1) is 0 Å². The fraction of sp³-hybridized carbons (Fsp3) is 0.200. The lowest BCUT2D eigenvalue weighted by Gasteiger charge is -2.18. The van der Waals surface area contributed by atoms with Crippen LogP contribution in [0.2, 0.25) is 0 Å². The molecule has 0 unspecified atom stereocenters. The maximum Gasteiger partial charge on any atom is 0.147 e. The van der Waals surface area contributed by atoms with E-state index in [1.54, 1.807) is 0 Å². The minimum atomic E-state index is 0.299. The number of allylic oxidation sites excluding steroid dienone is 1. The predicted octanol–water partition coefficient (Wildman–Crippen LogP) is 6.82. The molecule has 0 saturated heterocycles. The molecule has 0 saturated carbocycles. The summed E-state index contributed by atoms with van der Waals surface area (Å²) in [5.41, 5.74) is 6.39. The van der Waals surface area contributed by atoms with Crippen LogP contribution in [0.5, 0.6) is 5.75 Å². The Hall–Kier alpha value is -3.00. The minimum Gasteiger partial charge on any atom is -0.505 e. The van der Waals surface area contributed by atoms with Crippen molar-refractivity contribution in [3.05, 3.63) is 84.6 Å². The maximum absolute atomic E-state index is 10.9. The van der Waals surface area contributed by atoms with Crippen molar-refractivity contribution < 1.29 is 5.11 Å². The van der Waals surface area contributed by atoms with Crippen LogP contribution in [0.25, 0.3) is 22.3 Å². The molecule has 2 nitrogen and oxygen atoms in total. The van der Waals surface area contributed by atoms with Gasteiger partial charge in [-0.3, -0.25) is 0 Å². The lowest BCUT2D eigenvalue weighted by Crippen LogP contribution is -2.07. The SMILES string of the molecule is C/C=C/N(C)c1cccc(-c2cccc(-c3ccccc3C(C)C)c2)c1O. The molecule has 3 aromatic rings.